The van der Waals surface area contributed by atoms with Gasteiger partial charge in [0.25, 0.3) is 0 Å². The minimum absolute atomic E-state index is 0.152. The fourth-order valence-electron chi connectivity index (χ4n) is 4.00. The van der Waals surface area contributed by atoms with Crippen LogP contribution in [0.15, 0.2) is 0 Å². The van der Waals surface area contributed by atoms with Crippen LogP contribution in [-0.4, -0.2) is 54.5 Å². The van der Waals surface area contributed by atoms with E-state index in [1.807, 2.05) is 0 Å². The zero-order valence-corrected chi connectivity index (χ0v) is 11.9. The molecular weight excluding hydrogens is 238 g/mol. The highest BCUT2D eigenvalue weighted by atomic mass is 16.2. The molecular formula is C15H27N3O. The Labute approximate surface area is 116 Å². The lowest BCUT2D eigenvalue weighted by Crippen LogP contribution is -2.45. The fourth-order valence-corrected chi connectivity index (χ4v) is 4.00. The summed E-state index contributed by atoms with van der Waals surface area (Å²) in [6, 6.07) is 0.627. The molecule has 1 aliphatic carbocycles. The Hall–Kier alpha value is -0.610. The number of hydrogen-bond acceptors (Lipinski definition) is 3. The summed E-state index contributed by atoms with van der Waals surface area (Å²) in [6.07, 6.45) is 7.96. The van der Waals surface area contributed by atoms with Crippen LogP contribution < -0.4 is 5.73 Å². The summed E-state index contributed by atoms with van der Waals surface area (Å²) in [5.41, 5.74) is 6.04. The summed E-state index contributed by atoms with van der Waals surface area (Å²) in [4.78, 5) is 17.3. The molecule has 2 aliphatic heterocycles. The standard InChI is InChI=1S/C15H27N3O/c16-12-15(5-2-6-15)10-14(19)18-9-3-8-17-7-1-4-13(17)11-18/h13H,1-12,16H2. The van der Waals surface area contributed by atoms with Gasteiger partial charge >= 0.3 is 0 Å². The molecule has 0 radical (unpaired) electrons. The Morgan fingerprint density at radius 1 is 1.16 bits per heavy atom. The van der Waals surface area contributed by atoms with Crippen LogP contribution in [0.3, 0.4) is 0 Å². The maximum absolute atomic E-state index is 12.6. The number of carbonyl (C=O) groups excluding carboxylic acids is 1. The number of fused-ring (bicyclic) bond motifs is 1. The van der Waals surface area contributed by atoms with E-state index in [0.717, 1.165) is 32.4 Å². The summed E-state index contributed by atoms with van der Waals surface area (Å²) in [7, 11) is 0. The van der Waals surface area contributed by atoms with Gasteiger partial charge in [0.1, 0.15) is 0 Å². The zero-order valence-electron chi connectivity index (χ0n) is 11.9. The van der Waals surface area contributed by atoms with E-state index in [4.69, 9.17) is 5.73 Å². The average molecular weight is 265 g/mol. The van der Waals surface area contributed by atoms with Crippen molar-refractivity contribution in [3.8, 4) is 0 Å². The highest BCUT2D eigenvalue weighted by molar-refractivity contribution is 5.77. The Balaban J connectivity index is 1.59. The highest BCUT2D eigenvalue weighted by Gasteiger charge is 2.39. The predicted molar refractivity (Wildman–Crippen MR) is 75.7 cm³/mol. The molecule has 19 heavy (non-hydrogen) atoms. The maximum atomic E-state index is 12.6. The van der Waals surface area contributed by atoms with Crippen LogP contribution >= 0.6 is 0 Å². The third-order valence-electron chi connectivity index (χ3n) is 5.53. The van der Waals surface area contributed by atoms with Gasteiger partial charge in [-0.1, -0.05) is 6.42 Å². The number of amides is 1. The van der Waals surface area contributed by atoms with Gasteiger partial charge in [0.15, 0.2) is 0 Å². The molecule has 0 aromatic rings. The van der Waals surface area contributed by atoms with Gasteiger partial charge in [-0.3, -0.25) is 9.69 Å². The van der Waals surface area contributed by atoms with Crippen LogP contribution in [0.4, 0.5) is 0 Å². The van der Waals surface area contributed by atoms with Crippen molar-refractivity contribution >= 4 is 5.91 Å². The normalized spacial score (nSPS) is 30.6. The number of rotatable bonds is 3. The van der Waals surface area contributed by atoms with Gasteiger partial charge in [-0.25, -0.2) is 0 Å². The van der Waals surface area contributed by atoms with Crippen molar-refractivity contribution in [3.05, 3.63) is 0 Å². The van der Waals surface area contributed by atoms with E-state index in [9.17, 15) is 4.79 Å². The summed E-state index contributed by atoms with van der Waals surface area (Å²) in [6.45, 7) is 5.00. The summed E-state index contributed by atoms with van der Waals surface area (Å²) in [5.74, 6) is 0.360. The van der Waals surface area contributed by atoms with Gasteiger partial charge in [-0.15, -0.1) is 0 Å². The molecule has 1 atom stereocenters. The van der Waals surface area contributed by atoms with Gasteiger partial charge in [0.2, 0.25) is 5.91 Å². The Bertz CT molecular complexity index is 335. The van der Waals surface area contributed by atoms with Crippen molar-refractivity contribution in [1.29, 1.82) is 0 Å². The maximum Gasteiger partial charge on any atom is 0.223 e. The third-order valence-corrected chi connectivity index (χ3v) is 5.53. The first-order valence-electron chi connectivity index (χ1n) is 7.94. The van der Waals surface area contributed by atoms with Crippen molar-refractivity contribution in [2.24, 2.45) is 11.1 Å². The van der Waals surface area contributed by atoms with Gasteiger partial charge in [0, 0.05) is 32.1 Å². The van der Waals surface area contributed by atoms with Crippen LogP contribution in [0.5, 0.6) is 0 Å². The molecule has 3 fully saturated rings. The highest BCUT2D eigenvalue weighted by Crippen LogP contribution is 2.43. The van der Waals surface area contributed by atoms with Crippen molar-refractivity contribution in [3.63, 3.8) is 0 Å². The minimum Gasteiger partial charge on any atom is -0.341 e. The predicted octanol–water partition coefficient (Wildman–Crippen LogP) is 1.20. The molecule has 4 heteroatoms. The first-order valence-corrected chi connectivity index (χ1v) is 7.94. The van der Waals surface area contributed by atoms with Crippen LogP contribution in [0.25, 0.3) is 0 Å². The molecule has 0 aromatic heterocycles. The molecule has 3 aliphatic rings. The lowest BCUT2D eigenvalue weighted by Gasteiger charge is -2.41. The van der Waals surface area contributed by atoms with Gasteiger partial charge in [-0.05, 0) is 50.6 Å². The van der Waals surface area contributed by atoms with Crippen molar-refractivity contribution in [1.82, 2.24) is 9.80 Å². The monoisotopic (exact) mass is 265 g/mol. The number of nitrogens with two attached hydrogens (primary N) is 1. The van der Waals surface area contributed by atoms with E-state index in [2.05, 4.69) is 9.80 Å². The van der Waals surface area contributed by atoms with Crippen molar-refractivity contribution < 1.29 is 4.79 Å². The molecule has 0 spiro atoms. The Kier molecular flexibility index (Phi) is 3.81. The van der Waals surface area contributed by atoms with Crippen LogP contribution in [0.2, 0.25) is 0 Å². The van der Waals surface area contributed by atoms with Crippen LogP contribution in [0, 0.1) is 5.41 Å². The van der Waals surface area contributed by atoms with E-state index in [1.165, 1.54) is 32.4 Å². The van der Waals surface area contributed by atoms with E-state index < -0.39 is 0 Å². The number of carbonyl (C=O) groups is 1. The first-order chi connectivity index (χ1) is 9.22. The van der Waals surface area contributed by atoms with E-state index in [1.54, 1.807) is 0 Å². The second kappa shape index (κ2) is 5.41. The first kappa shape index (κ1) is 13.4. The van der Waals surface area contributed by atoms with Gasteiger partial charge in [-0.2, -0.15) is 0 Å². The van der Waals surface area contributed by atoms with Crippen molar-refractivity contribution in [2.75, 3.05) is 32.7 Å². The largest absolute Gasteiger partial charge is 0.341 e. The van der Waals surface area contributed by atoms with E-state index >= 15 is 0 Å². The third kappa shape index (κ3) is 2.65. The van der Waals surface area contributed by atoms with Crippen molar-refractivity contribution in [2.45, 2.75) is 51.0 Å². The zero-order chi connectivity index (χ0) is 13.3. The summed E-state index contributed by atoms with van der Waals surface area (Å²) < 4.78 is 0. The van der Waals surface area contributed by atoms with Gasteiger partial charge in [0.05, 0.1) is 0 Å². The minimum atomic E-state index is 0.152. The van der Waals surface area contributed by atoms with E-state index in [0.29, 0.717) is 24.9 Å². The second-order valence-electron chi connectivity index (χ2n) is 6.76. The molecule has 2 saturated heterocycles. The van der Waals surface area contributed by atoms with Crippen LogP contribution in [0.1, 0.15) is 44.9 Å². The van der Waals surface area contributed by atoms with E-state index in [-0.39, 0.29) is 5.41 Å². The smallest absolute Gasteiger partial charge is 0.223 e. The lowest BCUT2D eigenvalue weighted by molar-refractivity contribution is -0.135. The molecule has 1 amide bonds. The molecule has 2 heterocycles. The number of nitrogens with zero attached hydrogens (tertiary/aromatic N) is 2. The quantitative estimate of drug-likeness (QED) is 0.834. The molecule has 4 nitrogen and oxygen atoms in total. The number of hydrogen-bond donors (Lipinski definition) is 1. The molecule has 0 aromatic carbocycles. The molecule has 108 valence electrons. The summed E-state index contributed by atoms with van der Waals surface area (Å²) in [5, 5.41) is 0. The second-order valence-corrected chi connectivity index (χ2v) is 6.76. The molecule has 1 unspecified atom stereocenters. The summed E-state index contributed by atoms with van der Waals surface area (Å²) >= 11 is 0. The average Bonchev–Trinajstić information content (AvgIpc) is 2.71. The Morgan fingerprint density at radius 2 is 1.95 bits per heavy atom. The van der Waals surface area contributed by atoms with Gasteiger partial charge < -0.3 is 10.6 Å². The molecule has 1 saturated carbocycles. The fraction of sp³-hybridized carbons (Fsp3) is 0.933. The molecule has 0 bridgehead atoms. The lowest BCUT2D eigenvalue weighted by atomic mass is 9.66. The SMILES string of the molecule is NCC1(CC(=O)N2CCCN3CCCC3C2)CCC1. The molecule has 3 rings (SSSR count). The van der Waals surface area contributed by atoms with Crippen LogP contribution in [-0.2, 0) is 4.79 Å². The Morgan fingerprint density at radius 3 is 2.63 bits per heavy atom. The molecule has 2 N–H and O–H groups in total. The topological polar surface area (TPSA) is 49.6 Å².